The summed E-state index contributed by atoms with van der Waals surface area (Å²) in [6, 6.07) is 0. The minimum atomic E-state index is -1.50. The van der Waals surface area contributed by atoms with Crippen molar-refractivity contribution in [2.24, 2.45) is 52.3 Å². The Kier molecular flexibility index (Phi) is 5.95. The Morgan fingerprint density at radius 2 is 1.55 bits per heavy atom. The summed E-state index contributed by atoms with van der Waals surface area (Å²) in [6.07, 6.45) is 15.4. The van der Waals surface area contributed by atoms with E-state index in [1.54, 1.807) is 0 Å². The van der Waals surface area contributed by atoms with Crippen LogP contribution in [0, 0.1) is 52.3 Å². The van der Waals surface area contributed by atoms with Gasteiger partial charge in [-0.1, -0.05) is 47.5 Å². The van der Waals surface area contributed by atoms with Gasteiger partial charge in [-0.3, -0.25) is 0 Å². The molecule has 4 aliphatic rings. The molecule has 0 aliphatic heterocycles. The van der Waals surface area contributed by atoms with Crippen LogP contribution in [0.3, 0.4) is 0 Å². The lowest BCUT2D eigenvalue weighted by Crippen LogP contribution is -2.54. The van der Waals surface area contributed by atoms with Crippen molar-refractivity contribution in [3.63, 3.8) is 0 Å². The Balaban J connectivity index is 1.52. The van der Waals surface area contributed by atoms with E-state index in [4.69, 9.17) is 0 Å². The van der Waals surface area contributed by atoms with E-state index in [1.165, 1.54) is 64.2 Å². The predicted octanol–water partition coefficient (Wildman–Crippen LogP) is 6.79. The summed E-state index contributed by atoms with van der Waals surface area (Å²) in [5.41, 5.74) is 0.911. The van der Waals surface area contributed by atoms with Crippen LogP contribution in [0.5, 0.6) is 0 Å². The topological polar surface area (TPSA) is 40.5 Å². The van der Waals surface area contributed by atoms with Crippen molar-refractivity contribution in [2.45, 2.75) is 117 Å². The molecule has 0 unspecified atom stereocenters. The number of fused-ring (bicyclic) bond motifs is 5. The Morgan fingerprint density at radius 1 is 0.828 bits per heavy atom. The minimum absolute atomic E-state index is 0.0191. The molecule has 0 bridgehead atoms. The van der Waals surface area contributed by atoms with Crippen molar-refractivity contribution in [3.8, 4) is 0 Å². The van der Waals surface area contributed by atoms with Gasteiger partial charge >= 0.3 is 0 Å². The van der Waals surface area contributed by atoms with Crippen molar-refractivity contribution in [1.29, 1.82) is 0 Å². The molecule has 2 heteroatoms. The molecule has 29 heavy (non-hydrogen) atoms. The molecule has 2 N–H and O–H groups in total. The monoisotopic (exact) mass is 404 g/mol. The van der Waals surface area contributed by atoms with E-state index in [2.05, 4.69) is 34.6 Å². The van der Waals surface area contributed by atoms with Gasteiger partial charge in [-0.2, -0.15) is 0 Å². The molecular weight excluding hydrogens is 356 g/mol. The minimum Gasteiger partial charge on any atom is -0.365 e. The lowest BCUT2D eigenvalue weighted by atomic mass is 9.44. The van der Waals surface area contributed by atoms with Gasteiger partial charge in [-0.25, -0.2) is 0 Å². The fourth-order valence-electron chi connectivity index (χ4n) is 9.21. The van der Waals surface area contributed by atoms with E-state index in [9.17, 15) is 10.2 Å². The fourth-order valence-corrected chi connectivity index (χ4v) is 9.21. The van der Waals surface area contributed by atoms with Crippen molar-refractivity contribution in [1.82, 2.24) is 0 Å². The maximum atomic E-state index is 11.0. The van der Waals surface area contributed by atoms with Gasteiger partial charge in [-0.15, -0.1) is 0 Å². The first-order chi connectivity index (χ1) is 13.6. The Hall–Kier alpha value is -0.0800. The van der Waals surface area contributed by atoms with Gasteiger partial charge in [0.05, 0.1) is 0 Å². The van der Waals surface area contributed by atoms with Crippen LogP contribution >= 0.6 is 0 Å². The summed E-state index contributed by atoms with van der Waals surface area (Å²) in [7, 11) is 0. The first-order valence-electron chi connectivity index (χ1n) is 13.0. The number of rotatable bonds is 5. The molecule has 168 valence electrons. The highest BCUT2D eigenvalue weighted by atomic mass is 16.5. The molecule has 4 aliphatic carbocycles. The Morgan fingerprint density at radius 3 is 2.28 bits per heavy atom. The summed E-state index contributed by atoms with van der Waals surface area (Å²) in [5, 5.41) is 22.0. The number of hydrogen-bond donors (Lipinski definition) is 2. The SMILES string of the molecule is CC(C)CCC(O)(O)[C@@H](C)[C@@H]1CC[C@H]2[C@@H]3CC[C@H]4CCCC[C@]4(C)[C@H]3CC[C@]21C. The van der Waals surface area contributed by atoms with E-state index in [0.717, 1.165) is 30.1 Å². The van der Waals surface area contributed by atoms with Gasteiger partial charge in [0.2, 0.25) is 0 Å². The second-order valence-corrected chi connectivity index (χ2v) is 12.7. The molecule has 0 aromatic heterocycles. The summed E-state index contributed by atoms with van der Waals surface area (Å²) >= 11 is 0. The largest absolute Gasteiger partial charge is 0.365 e. The highest BCUT2D eigenvalue weighted by Crippen LogP contribution is 2.68. The van der Waals surface area contributed by atoms with Crippen LogP contribution in [0.25, 0.3) is 0 Å². The first kappa shape index (κ1) is 22.1. The average Bonchev–Trinajstić information content (AvgIpc) is 3.02. The molecular formula is C27H48O2. The van der Waals surface area contributed by atoms with Gasteiger partial charge in [-0.05, 0) is 104 Å². The lowest BCUT2D eigenvalue weighted by Gasteiger charge is -2.61. The summed E-state index contributed by atoms with van der Waals surface area (Å²) in [4.78, 5) is 0. The maximum Gasteiger partial charge on any atom is 0.165 e. The zero-order valence-electron chi connectivity index (χ0n) is 19.9. The third kappa shape index (κ3) is 3.63. The Labute approximate surface area is 180 Å². The summed E-state index contributed by atoms with van der Waals surface area (Å²) in [6.45, 7) is 11.7. The van der Waals surface area contributed by atoms with Crippen LogP contribution in [-0.2, 0) is 0 Å². The molecule has 4 saturated carbocycles. The average molecular weight is 405 g/mol. The van der Waals surface area contributed by atoms with Crippen LogP contribution in [0.15, 0.2) is 0 Å². The predicted molar refractivity (Wildman–Crippen MR) is 120 cm³/mol. The van der Waals surface area contributed by atoms with Crippen molar-refractivity contribution in [3.05, 3.63) is 0 Å². The van der Waals surface area contributed by atoms with Gasteiger partial charge in [0.25, 0.3) is 0 Å². The fraction of sp³-hybridized carbons (Fsp3) is 1.00. The highest BCUT2D eigenvalue weighted by molar-refractivity contribution is 5.10. The van der Waals surface area contributed by atoms with Crippen LogP contribution in [-0.4, -0.2) is 16.0 Å². The van der Waals surface area contributed by atoms with E-state index < -0.39 is 5.79 Å². The van der Waals surface area contributed by atoms with Gasteiger partial charge in [0, 0.05) is 12.3 Å². The number of aliphatic hydroxyl groups is 2. The zero-order chi connectivity index (χ0) is 21.0. The van der Waals surface area contributed by atoms with Gasteiger partial charge < -0.3 is 10.2 Å². The summed E-state index contributed by atoms with van der Waals surface area (Å²) in [5.74, 6) is 3.09. The Bertz CT molecular complexity index is 583. The quantitative estimate of drug-likeness (QED) is 0.495. The standard InChI is InChI=1S/C27H48O2/c1-18(2)13-17-27(28,29)19(3)22-11-12-23-21-10-9-20-8-6-7-15-25(20,4)24(21)14-16-26(22,23)5/h18-24,28-29H,6-17H2,1-5H3/t19-,20+,21-,22-,23-,24-,25-,26-/m0/s1. The molecule has 0 amide bonds. The van der Waals surface area contributed by atoms with Crippen LogP contribution in [0.1, 0.15) is 112 Å². The normalized spacial score (nSPS) is 46.1. The van der Waals surface area contributed by atoms with E-state index in [1.807, 2.05) is 0 Å². The summed E-state index contributed by atoms with van der Waals surface area (Å²) < 4.78 is 0. The first-order valence-corrected chi connectivity index (χ1v) is 13.0. The van der Waals surface area contributed by atoms with Gasteiger partial charge in [0.15, 0.2) is 5.79 Å². The molecule has 4 fully saturated rings. The number of hydrogen-bond acceptors (Lipinski definition) is 2. The molecule has 0 heterocycles. The van der Waals surface area contributed by atoms with Gasteiger partial charge in [0.1, 0.15) is 0 Å². The molecule has 8 atom stereocenters. The maximum absolute atomic E-state index is 11.0. The third-order valence-electron chi connectivity index (χ3n) is 11.1. The molecule has 0 saturated heterocycles. The van der Waals surface area contributed by atoms with Crippen molar-refractivity contribution >= 4 is 0 Å². The molecule has 2 nitrogen and oxygen atoms in total. The van der Waals surface area contributed by atoms with E-state index in [0.29, 0.717) is 29.1 Å². The molecule has 0 spiro atoms. The zero-order valence-corrected chi connectivity index (χ0v) is 19.9. The third-order valence-corrected chi connectivity index (χ3v) is 11.1. The molecule has 0 radical (unpaired) electrons. The van der Waals surface area contributed by atoms with Crippen molar-refractivity contribution in [2.75, 3.05) is 0 Å². The molecule has 0 aromatic rings. The van der Waals surface area contributed by atoms with Crippen molar-refractivity contribution < 1.29 is 10.2 Å². The second-order valence-electron chi connectivity index (χ2n) is 12.7. The highest BCUT2D eigenvalue weighted by Gasteiger charge is 2.61. The molecule has 0 aromatic carbocycles. The van der Waals surface area contributed by atoms with Crippen LogP contribution in [0.2, 0.25) is 0 Å². The second kappa shape index (κ2) is 7.80. The van der Waals surface area contributed by atoms with E-state index in [-0.39, 0.29) is 5.92 Å². The van der Waals surface area contributed by atoms with E-state index >= 15 is 0 Å². The molecule has 4 rings (SSSR count). The van der Waals surface area contributed by atoms with Crippen LogP contribution in [0.4, 0.5) is 0 Å². The van der Waals surface area contributed by atoms with Crippen LogP contribution < -0.4 is 0 Å². The lowest BCUT2D eigenvalue weighted by molar-refractivity contribution is -0.226. The smallest absolute Gasteiger partial charge is 0.165 e.